The van der Waals surface area contributed by atoms with Gasteiger partial charge in [-0.25, -0.2) is 13.1 Å². The van der Waals surface area contributed by atoms with Crippen LogP contribution < -0.4 is 4.72 Å². The number of thiophene rings is 1. The Morgan fingerprint density at radius 2 is 2.05 bits per heavy atom. The summed E-state index contributed by atoms with van der Waals surface area (Å²) in [4.78, 5) is 0. The summed E-state index contributed by atoms with van der Waals surface area (Å²) in [7, 11) is -1.98. The lowest BCUT2D eigenvalue weighted by atomic mass is 10.1. The number of methoxy groups -OCH3 is 1. The summed E-state index contributed by atoms with van der Waals surface area (Å²) >= 11 is 7.26. The standard InChI is InChI=1S/C13H14ClNO3S2/c1-18-12(10-5-2-3-6-11(10)14)9-15-20(16,17)13-7-4-8-19-13/h2-8,12,15H,9H2,1H3. The smallest absolute Gasteiger partial charge is 0.250 e. The van der Waals surface area contributed by atoms with E-state index in [1.165, 1.54) is 18.4 Å². The van der Waals surface area contributed by atoms with Crippen LogP contribution in [0.4, 0.5) is 0 Å². The van der Waals surface area contributed by atoms with E-state index < -0.39 is 16.1 Å². The molecule has 20 heavy (non-hydrogen) atoms. The number of halogens is 1. The Balaban J connectivity index is 2.11. The Morgan fingerprint density at radius 1 is 1.30 bits per heavy atom. The SMILES string of the molecule is COC(CNS(=O)(=O)c1cccs1)c1ccccc1Cl. The fourth-order valence-corrected chi connectivity index (χ4v) is 4.06. The van der Waals surface area contributed by atoms with Crippen molar-refractivity contribution in [3.63, 3.8) is 0 Å². The predicted octanol–water partition coefficient (Wildman–Crippen LogP) is 3.07. The summed E-state index contributed by atoms with van der Waals surface area (Å²) < 4.78 is 32.2. The highest BCUT2D eigenvalue weighted by molar-refractivity contribution is 7.91. The largest absolute Gasteiger partial charge is 0.375 e. The van der Waals surface area contributed by atoms with Crippen molar-refractivity contribution in [2.24, 2.45) is 0 Å². The van der Waals surface area contributed by atoms with E-state index in [0.29, 0.717) is 5.02 Å². The van der Waals surface area contributed by atoms with Crippen LogP contribution in [0.1, 0.15) is 11.7 Å². The molecule has 0 radical (unpaired) electrons. The molecule has 0 saturated carbocycles. The van der Waals surface area contributed by atoms with E-state index in [0.717, 1.165) is 5.56 Å². The lowest BCUT2D eigenvalue weighted by Crippen LogP contribution is -2.28. The van der Waals surface area contributed by atoms with Gasteiger partial charge in [-0.15, -0.1) is 11.3 Å². The minimum Gasteiger partial charge on any atom is -0.375 e. The average Bonchev–Trinajstić information content (AvgIpc) is 2.96. The van der Waals surface area contributed by atoms with E-state index in [2.05, 4.69) is 4.72 Å². The predicted molar refractivity (Wildman–Crippen MR) is 80.7 cm³/mol. The first-order valence-electron chi connectivity index (χ1n) is 5.85. The third-order valence-corrected chi connectivity index (χ3v) is 5.92. The van der Waals surface area contributed by atoms with Crippen LogP contribution in [-0.2, 0) is 14.8 Å². The van der Waals surface area contributed by atoms with Gasteiger partial charge in [-0.1, -0.05) is 35.9 Å². The van der Waals surface area contributed by atoms with Crippen molar-refractivity contribution in [2.45, 2.75) is 10.3 Å². The van der Waals surface area contributed by atoms with Crippen molar-refractivity contribution in [2.75, 3.05) is 13.7 Å². The molecule has 0 fully saturated rings. The second kappa shape index (κ2) is 6.69. The van der Waals surface area contributed by atoms with E-state index in [1.807, 2.05) is 18.2 Å². The van der Waals surface area contributed by atoms with Gasteiger partial charge in [0.05, 0.1) is 6.10 Å². The van der Waals surface area contributed by atoms with E-state index in [1.54, 1.807) is 23.6 Å². The van der Waals surface area contributed by atoms with Crippen molar-refractivity contribution in [3.05, 3.63) is 52.4 Å². The number of sulfonamides is 1. The molecule has 0 aliphatic heterocycles. The normalized spacial score (nSPS) is 13.3. The van der Waals surface area contributed by atoms with Crippen molar-refractivity contribution in [1.82, 2.24) is 4.72 Å². The molecule has 1 atom stereocenters. The van der Waals surface area contributed by atoms with Crippen LogP contribution in [-0.4, -0.2) is 22.1 Å². The first kappa shape index (κ1) is 15.5. The minimum atomic E-state index is -3.50. The third kappa shape index (κ3) is 3.59. The molecule has 0 amide bonds. The van der Waals surface area contributed by atoms with Crippen LogP contribution in [0, 0.1) is 0 Å². The summed E-state index contributed by atoms with van der Waals surface area (Å²) in [6.07, 6.45) is -0.432. The molecule has 0 spiro atoms. The Morgan fingerprint density at radius 3 is 2.65 bits per heavy atom. The van der Waals surface area contributed by atoms with Crippen molar-refractivity contribution in [1.29, 1.82) is 0 Å². The fraction of sp³-hybridized carbons (Fsp3) is 0.231. The first-order chi connectivity index (χ1) is 9.54. The van der Waals surface area contributed by atoms with Gasteiger partial charge in [0, 0.05) is 24.2 Å². The highest BCUT2D eigenvalue weighted by atomic mass is 35.5. The van der Waals surface area contributed by atoms with Crippen molar-refractivity contribution >= 4 is 33.0 Å². The molecular weight excluding hydrogens is 318 g/mol. The van der Waals surface area contributed by atoms with Crippen LogP contribution in [0.2, 0.25) is 5.02 Å². The summed E-state index contributed by atoms with van der Waals surface area (Å²) in [5, 5.41) is 2.27. The molecule has 4 nitrogen and oxygen atoms in total. The van der Waals surface area contributed by atoms with Gasteiger partial charge in [-0.3, -0.25) is 0 Å². The summed E-state index contributed by atoms with van der Waals surface area (Å²) in [5.74, 6) is 0. The number of rotatable bonds is 6. The van der Waals surface area contributed by atoms with E-state index >= 15 is 0 Å². The number of hydrogen-bond acceptors (Lipinski definition) is 4. The first-order valence-corrected chi connectivity index (χ1v) is 8.59. The monoisotopic (exact) mass is 331 g/mol. The van der Waals surface area contributed by atoms with E-state index in [9.17, 15) is 8.42 Å². The molecule has 0 bridgehead atoms. The van der Waals surface area contributed by atoms with Crippen LogP contribution in [0.3, 0.4) is 0 Å². The summed E-state index contributed by atoms with van der Waals surface area (Å²) in [6.45, 7) is 0.125. The minimum absolute atomic E-state index is 0.125. The Labute approximate surface area is 127 Å². The summed E-state index contributed by atoms with van der Waals surface area (Å²) in [5.41, 5.74) is 0.755. The van der Waals surface area contributed by atoms with Gasteiger partial charge in [-0.05, 0) is 17.5 Å². The molecule has 1 unspecified atom stereocenters. The van der Waals surface area contributed by atoms with Crippen LogP contribution in [0.15, 0.2) is 46.0 Å². The molecule has 7 heteroatoms. The van der Waals surface area contributed by atoms with Gasteiger partial charge in [-0.2, -0.15) is 0 Å². The van der Waals surface area contributed by atoms with Gasteiger partial charge in [0.25, 0.3) is 0 Å². The molecule has 0 aliphatic rings. The number of benzene rings is 1. The maximum absolute atomic E-state index is 12.0. The molecule has 1 heterocycles. The maximum Gasteiger partial charge on any atom is 0.250 e. The van der Waals surface area contributed by atoms with E-state index in [-0.39, 0.29) is 10.8 Å². The fourth-order valence-electron chi connectivity index (χ4n) is 1.73. The van der Waals surface area contributed by atoms with Gasteiger partial charge in [0.2, 0.25) is 10.0 Å². The molecule has 0 saturated heterocycles. The Hall–Kier alpha value is -0.920. The Kier molecular flexibility index (Phi) is 5.17. The highest BCUT2D eigenvalue weighted by Gasteiger charge is 2.19. The zero-order valence-corrected chi connectivity index (χ0v) is 13.1. The highest BCUT2D eigenvalue weighted by Crippen LogP contribution is 2.25. The number of ether oxygens (including phenoxy) is 1. The molecule has 2 aromatic rings. The number of hydrogen-bond donors (Lipinski definition) is 1. The second-order valence-corrected chi connectivity index (χ2v) is 7.38. The molecular formula is C13H14ClNO3S2. The average molecular weight is 332 g/mol. The molecule has 0 aliphatic carbocycles. The lowest BCUT2D eigenvalue weighted by molar-refractivity contribution is 0.107. The quantitative estimate of drug-likeness (QED) is 0.885. The van der Waals surface area contributed by atoms with Crippen molar-refractivity contribution < 1.29 is 13.2 Å². The lowest BCUT2D eigenvalue weighted by Gasteiger charge is -2.17. The maximum atomic E-state index is 12.0. The van der Waals surface area contributed by atoms with Crippen LogP contribution in [0.25, 0.3) is 0 Å². The molecule has 1 aromatic heterocycles. The molecule has 1 aromatic carbocycles. The van der Waals surface area contributed by atoms with Gasteiger partial charge < -0.3 is 4.74 Å². The zero-order chi connectivity index (χ0) is 14.6. The topological polar surface area (TPSA) is 55.4 Å². The Bertz CT molecular complexity index is 656. The van der Waals surface area contributed by atoms with Crippen LogP contribution in [0.5, 0.6) is 0 Å². The molecule has 2 rings (SSSR count). The summed E-state index contributed by atoms with van der Waals surface area (Å²) in [6, 6.07) is 10.5. The van der Waals surface area contributed by atoms with Gasteiger partial charge in [0.15, 0.2) is 0 Å². The number of nitrogens with one attached hydrogen (secondary N) is 1. The zero-order valence-electron chi connectivity index (χ0n) is 10.7. The van der Waals surface area contributed by atoms with Gasteiger partial charge in [0.1, 0.15) is 4.21 Å². The van der Waals surface area contributed by atoms with E-state index in [4.69, 9.17) is 16.3 Å². The van der Waals surface area contributed by atoms with Crippen LogP contribution >= 0.6 is 22.9 Å². The third-order valence-electron chi connectivity index (χ3n) is 2.76. The molecule has 108 valence electrons. The van der Waals surface area contributed by atoms with Crippen molar-refractivity contribution in [3.8, 4) is 0 Å². The van der Waals surface area contributed by atoms with Gasteiger partial charge >= 0.3 is 0 Å². The molecule has 1 N–H and O–H groups in total. The second-order valence-electron chi connectivity index (χ2n) is 4.03.